The summed E-state index contributed by atoms with van der Waals surface area (Å²) in [6, 6.07) is 11.3. The number of nitrogens with one attached hydrogen (secondary N) is 1. The molecule has 0 aromatic heterocycles. The summed E-state index contributed by atoms with van der Waals surface area (Å²) in [7, 11) is 1.64. The third kappa shape index (κ3) is 3.90. The topological polar surface area (TPSA) is 47.6 Å². The van der Waals surface area contributed by atoms with Crippen molar-refractivity contribution in [1.29, 1.82) is 0 Å². The van der Waals surface area contributed by atoms with Gasteiger partial charge in [0.05, 0.1) is 19.1 Å². The molecule has 1 heterocycles. The molecule has 132 valence electrons. The maximum Gasteiger partial charge on any atom is 0.227 e. The Bertz CT molecular complexity index is 791. The molecular weight excluding hydrogens is 338 g/mol. The molecule has 2 atom stereocenters. The van der Waals surface area contributed by atoms with E-state index in [-0.39, 0.29) is 17.9 Å². The molecule has 0 saturated carbocycles. The van der Waals surface area contributed by atoms with Gasteiger partial charge in [-0.1, -0.05) is 29.3 Å². The van der Waals surface area contributed by atoms with Crippen LogP contribution in [0.4, 0.5) is 0 Å². The zero-order valence-corrected chi connectivity index (χ0v) is 15.4. The number of rotatable bonds is 4. The third-order valence-electron chi connectivity index (χ3n) is 4.51. The highest BCUT2D eigenvalue weighted by Crippen LogP contribution is 2.31. The summed E-state index contributed by atoms with van der Waals surface area (Å²) in [5.74, 6) is 1.32. The number of methoxy groups -OCH3 is 1. The van der Waals surface area contributed by atoms with Crippen LogP contribution in [0.3, 0.4) is 0 Å². The van der Waals surface area contributed by atoms with Crippen LogP contribution in [0.5, 0.6) is 11.5 Å². The zero-order chi connectivity index (χ0) is 18.0. The Morgan fingerprint density at radius 2 is 2.12 bits per heavy atom. The van der Waals surface area contributed by atoms with E-state index in [1.165, 1.54) is 0 Å². The SMILES string of the molecule is COc1ccc(C)cc1C(C)NC(=O)C1COc2ccc(Cl)cc2C1. The Labute approximate surface area is 153 Å². The number of hydrogen-bond acceptors (Lipinski definition) is 3. The number of carbonyl (C=O) groups excluding carboxylic acids is 1. The van der Waals surface area contributed by atoms with Crippen molar-refractivity contribution in [2.75, 3.05) is 13.7 Å². The molecular formula is C20H22ClNO3. The molecule has 0 spiro atoms. The molecule has 2 aromatic carbocycles. The number of benzene rings is 2. The Morgan fingerprint density at radius 3 is 2.88 bits per heavy atom. The van der Waals surface area contributed by atoms with Gasteiger partial charge in [-0.25, -0.2) is 0 Å². The second-order valence-electron chi connectivity index (χ2n) is 6.44. The van der Waals surface area contributed by atoms with E-state index in [0.717, 1.165) is 28.2 Å². The minimum absolute atomic E-state index is 0.0262. The predicted molar refractivity (Wildman–Crippen MR) is 98.4 cm³/mol. The van der Waals surface area contributed by atoms with E-state index < -0.39 is 0 Å². The molecule has 1 amide bonds. The average molecular weight is 360 g/mol. The zero-order valence-electron chi connectivity index (χ0n) is 14.6. The lowest BCUT2D eigenvalue weighted by Gasteiger charge is -2.26. The minimum atomic E-state index is -0.232. The normalized spacial score (nSPS) is 17.2. The molecule has 1 N–H and O–H groups in total. The molecule has 5 heteroatoms. The molecule has 4 nitrogen and oxygen atoms in total. The van der Waals surface area contributed by atoms with Crippen molar-refractivity contribution in [1.82, 2.24) is 5.32 Å². The fourth-order valence-electron chi connectivity index (χ4n) is 3.13. The van der Waals surface area contributed by atoms with Gasteiger partial charge >= 0.3 is 0 Å². The maximum absolute atomic E-state index is 12.7. The van der Waals surface area contributed by atoms with Crippen molar-refractivity contribution in [2.45, 2.75) is 26.3 Å². The van der Waals surface area contributed by atoms with Crippen molar-refractivity contribution in [3.05, 3.63) is 58.1 Å². The highest BCUT2D eigenvalue weighted by Gasteiger charge is 2.27. The van der Waals surface area contributed by atoms with Gasteiger partial charge in [-0.2, -0.15) is 0 Å². The van der Waals surface area contributed by atoms with Gasteiger partial charge in [-0.05, 0) is 50.1 Å². The first-order valence-electron chi connectivity index (χ1n) is 8.34. The van der Waals surface area contributed by atoms with Gasteiger partial charge in [0.25, 0.3) is 0 Å². The second-order valence-corrected chi connectivity index (χ2v) is 6.88. The summed E-state index contributed by atoms with van der Waals surface area (Å²) < 4.78 is 11.1. The van der Waals surface area contributed by atoms with Crippen LogP contribution >= 0.6 is 11.6 Å². The third-order valence-corrected chi connectivity index (χ3v) is 4.75. The van der Waals surface area contributed by atoms with Gasteiger partial charge < -0.3 is 14.8 Å². The number of fused-ring (bicyclic) bond motifs is 1. The van der Waals surface area contributed by atoms with Crippen molar-refractivity contribution >= 4 is 17.5 Å². The fraction of sp³-hybridized carbons (Fsp3) is 0.350. The number of hydrogen-bond donors (Lipinski definition) is 1. The number of carbonyl (C=O) groups is 1. The largest absolute Gasteiger partial charge is 0.496 e. The van der Waals surface area contributed by atoms with E-state index in [0.29, 0.717) is 18.1 Å². The summed E-state index contributed by atoms with van der Waals surface area (Å²) in [6.07, 6.45) is 0.624. The number of ether oxygens (including phenoxy) is 2. The first kappa shape index (κ1) is 17.6. The van der Waals surface area contributed by atoms with Crippen LogP contribution in [0.15, 0.2) is 36.4 Å². The van der Waals surface area contributed by atoms with E-state index in [9.17, 15) is 4.79 Å². The number of amides is 1. The lowest BCUT2D eigenvalue weighted by Crippen LogP contribution is -2.38. The first-order valence-corrected chi connectivity index (χ1v) is 8.72. The highest BCUT2D eigenvalue weighted by atomic mass is 35.5. The first-order chi connectivity index (χ1) is 12.0. The molecule has 0 aliphatic carbocycles. The maximum atomic E-state index is 12.7. The van der Waals surface area contributed by atoms with Gasteiger partial charge in [0.15, 0.2) is 0 Å². The molecule has 25 heavy (non-hydrogen) atoms. The van der Waals surface area contributed by atoms with Gasteiger partial charge in [-0.15, -0.1) is 0 Å². The summed E-state index contributed by atoms with van der Waals surface area (Å²) in [5, 5.41) is 3.74. The van der Waals surface area contributed by atoms with Crippen LogP contribution in [-0.4, -0.2) is 19.6 Å². The monoisotopic (exact) mass is 359 g/mol. The molecule has 0 radical (unpaired) electrons. The lowest BCUT2D eigenvalue weighted by molar-refractivity contribution is -0.126. The Morgan fingerprint density at radius 1 is 1.32 bits per heavy atom. The predicted octanol–water partition coefficient (Wildman–Crippen LogP) is 4.09. The molecule has 3 rings (SSSR count). The van der Waals surface area contributed by atoms with E-state index in [4.69, 9.17) is 21.1 Å². The Kier molecular flexibility index (Phi) is 5.19. The van der Waals surface area contributed by atoms with Crippen LogP contribution in [0.25, 0.3) is 0 Å². The number of aryl methyl sites for hydroxylation is 1. The van der Waals surface area contributed by atoms with Gasteiger partial charge in [0.2, 0.25) is 5.91 Å². The minimum Gasteiger partial charge on any atom is -0.496 e. The van der Waals surface area contributed by atoms with Crippen LogP contribution in [-0.2, 0) is 11.2 Å². The second kappa shape index (κ2) is 7.36. The van der Waals surface area contributed by atoms with E-state index in [1.54, 1.807) is 13.2 Å². The highest BCUT2D eigenvalue weighted by molar-refractivity contribution is 6.30. The number of halogens is 1. The summed E-state index contributed by atoms with van der Waals surface area (Å²) in [6.45, 7) is 4.36. The molecule has 1 aliphatic heterocycles. The molecule has 0 fully saturated rings. The van der Waals surface area contributed by atoms with E-state index in [1.807, 2.05) is 44.2 Å². The van der Waals surface area contributed by atoms with Crippen LogP contribution in [0, 0.1) is 12.8 Å². The van der Waals surface area contributed by atoms with Crippen LogP contribution in [0.2, 0.25) is 5.02 Å². The van der Waals surface area contributed by atoms with E-state index >= 15 is 0 Å². The van der Waals surface area contributed by atoms with Crippen LogP contribution in [0.1, 0.15) is 29.7 Å². The molecule has 2 unspecified atom stereocenters. The van der Waals surface area contributed by atoms with Gasteiger partial charge in [0.1, 0.15) is 18.1 Å². The van der Waals surface area contributed by atoms with Crippen molar-refractivity contribution < 1.29 is 14.3 Å². The summed E-state index contributed by atoms with van der Waals surface area (Å²) >= 11 is 6.05. The lowest BCUT2D eigenvalue weighted by atomic mass is 9.95. The van der Waals surface area contributed by atoms with E-state index in [2.05, 4.69) is 5.32 Å². The Hall–Kier alpha value is -2.20. The standard InChI is InChI=1S/C20H22ClNO3/c1-12-4-6-19(24-3)17(8-12)13(2)22-20(23)15-9-14-10-16(21)5-7-18(14)25-11-15/h4-8,10,13,15H,9,11H2,1-3H3,(H,22,23). The molecule has 1 aliphatic rings. The quantitative estimate of drug-likeness (QED) is 0.894. The molecule has 0 bridgehead atoms. The van der Waals surface area contributed by atoms with Crippen molar-refractivity contribution in [2.24, 2.45) is 5.92 Å². The van der Waals surface area contributed by atoms with Crippen molar-refractivity contribution in [3.63, 3.8) is 0 Å². The Balaban J connectivity index is 1.71. The van der Waals surface area contributed by atoms with Gasteiger partial charge in [0, 0.05) is 10.6 Å². The smallest absolute Gasteiger partial charge is 0.227 e. The van der Waals surface area contributed by atoms with Gasteiger partial charge in [-0.3, -0.25) is 4.79 Å². The average Bonchev–Trinajstić information content (AvgIpc) is 2.60. The fourth-order valence-corrected chi connectivity index (χ4v) is 3.33. The van der Waals surface area contributed by atoms with Crippen LogP contribution < -0.4 is 14.8 Å². The molecule has 2 aromatic rings. The summed E-state index contributed by atoms with van der Waals surface area (Å²) in [4.78, 5) is 12.7. The summed E-state index contributed by atoms with van der Waals surface area (Å²) in [5.41, 5.74) is 3.07. The molecule has 0 saturated heterocycles. The van der Waals surface area contributed by atoms with Crippen molar-refractivity contribution in [3.8, 4) is 11.5 Å².